The van der Waals surface area contributed by atoms with Gasteiger partial charge in [-0.15, -0.1) is 11.3 Å². The van der Waals surface area contributed by atoms with E-state index in [1.54, 1.807) is 5.51 Å². The van der Waals surface area contributed by atoms with Gasteiger partial charge in [-0.2, -0.15) is 11.8 Å². The van der Waals surface area contributed by atoms with Crippen LogP contribution in [0.3, 0.4) is 0 Å². The van der Waals surface area contributed by atoms with Gasteiger partial charge in [-0.05, 0) is 26.7 Å². The maximum atomic E-state index is 12.2. The van der Waals surface area contributed by atoms with Crippen LogP contribution in [0.15, 0.2) is 10.5 Å². The number of hydrogen-bond acceptors (Lipinski definition) is 5. The Morgan fingerprint density at radius 3 is 2.85 bits per heavy atom. The maximum Gasteiger partial charge on any atom is 0.263 e. The summed E-state index contributed by atoms with van der Waals surface area (Å²) in [6.45, 7) is 8.10. The van der Waals surface area contributed by atoms with Crippen molar-refractivity contribution < 1.29 is 4.79 Å². The largest absolute Gasteiger partial charge is 0.357 e. The number of carbonyl (C=O) groups is 1. The van der Waals surface area contributed by atoms with Gasteiger partial charge in [-0.1, -0.05) is 19.3 Å². The molecule has 6 nitrogen and oxygen atoms in total. The molecule has 1 aromatic heterocycles. The molecule has 0 atom stereocenters. The third kappa shape index (κ3) is 5.38. The zero-order valence-electron chi connectivity index (χ0n) is 16.4. The van der Waals surface area contributed by atoms with E-state index >= 15 is 0 Å². The number of nitrogens with one attached hydrogen (secondary N) is 2. The minimum atomic E-state index is -0.0502. The van der Waals surface area contributed by atoms with Crippen molar-refractivity contribution in [1.29, 1.82) is 0 Å². The highest BCUT2D eigenvalue weighted by Gasteiger charge is 2.38. The minimum Gasteiger partial charge on any atom is -0.357 e. The quantitative estimate of drug-likeness (QED) is 0.445. The SMILES string of the molecule is CCNC(=NCCNC(=O)c1scnc1C)N1CCSC2(CCCCC2)C1. The lowest BCUT2D eigenvalue weighted by atomic mass is 9.87. The highest BCUT2D eigenvalue weighted by atomic mass is 32.2. The molecule has 2 aliphatic rings. The average molecular weight is 410 g/mol. The van der Waals surface area contributed by atoms with Gasteiger partial charge in [0.1, 0.15) is 4.88 Å². The molecule has 1 aromatic rings. The molecule has 1 spiro atoms. The number of hydrogen-bond donors (Lipinski definition) is 2. The van der Waals surface area contributed by atoms with Crippen LogP contribution in [0.25, 0.3) is 0 Å². The molecule has 0 radical (unpaired) electrons. The summed E-state index contributed by atoms with van der Waals surface area (Å²) in [7, 11) is 0. The number of rotatable bonds is 5. The highest BCUT2D eigenvalue weighted by Crippen LogP contribution is 2.42. The molecule has 0 bridgehead atoms. The molecule has 1 saturated heterocycles. The number of thiazole rings is 1. The molecule has 3 rings (SSSR count). The Hall–Kier alpha value is -1.28. The summed E-state index contributed by atoms with van der Waals surface area (Å²) >= 11 is 3.55. The van der Waals surface area contributed by atoms with E-state index in [9.17, 15) is 4.79 Å². The fraction of sp³-hybridized carbons (Fsp3) is 0.737. The van der Waals surface area contributed by atoms with Gasteiger partial charge in [0.15, 0.2) is 5.96 Å². The number of nitrogens with zero attached hydrogens (tertiary/aromatic N) is 3. The summed E-state index contributed by atoms with van der Waals surface area (Å²) in [6.07, 6.45) is 6.76. The van der Waals surface area contributed by atoms with Gasteiger partial charge in [-0.25, -0.2) is 4.98 Å². The number of aliphatic imine (C=N–C) groups is 1. The topological polar surface area (TPSA) is 69.6 Å². The summed E-state index contributed by atoms with van der Waals surface area (Å²) in [5.41, 5.74) is 2.50. The lowest BCUT2D eigenvalue weighted by molar-refractivity contribution is 0.0958. The van der Waals surface area contributed by atoms with Crippen LogP contribution in [0.2, 0.25) is 0 Å². The third-order valence-corrected chi connectivity index (χ3v) is 7.72. The molecule has 2 fully saturated rings. The smallest absolute Gasteiger partial charge is 0.263 e. The number of aryl methyl sites for hydroxylation is 1. The van der Waals surface area contributed by atoms with Crippen molar-refractivity contribution >= 4 is 35.0 Å². The van der Waals surface area contributed by atoms with Crippen molar-refractivity contribution in [1.82, 2.24) is 20.5 Å². The van der Waals surface area contributed by atoms with E-state index in [1.807, 2.05) is 6.92 Å². The van der Waals surface area contributed by atoms with Gasteiger partial charge in [0.05, 0.1) is 17.7 Å². The molecule has 1 saturated carbocycles. The molecule has 8 heteroatoms. The summed E-state index contributed by atoms with van der Waals surface area (Å²) in [5.74, 6) is 2.11. The number of amides is 1. The molecular weight excluding hydrogens is 378 g/mol. The number of guanidine groups is 1. The molecule has 2 N–H and O–H groups in total. The van der Waals surface area contributed by atoms with E-state index in [1.165, 1.54) is 49.2 Å². The van der Waals surface area contributed by atoms with Crippen LogP contribution in [0.5, 0.6) is 0 Å². The molecule has 1 amide bonds. The Bertz CT molecular complexity index is 649. The Kier molecular flexibility index (Phi) is 7.41. The monoisotopic (exact) mass is 409 g/mol. The zero-order chi connectivity index (χ0) is 19.1. The van der Waals surface area contributed by atoms with Gasteiger partial charge >= 0.3 is 0 Å². The molecular formula is C19H31N5OS2. The summed E-state index contributed by atoms with van der Waals surface area (Å²) in [6, 6.07) is 0. The summed E-state index contributed by atoms with van der Waals surface area (Å²) in [4.78, 5) is 24.2. The first kappa shape index (κ1) is 20.5. The van der Waals surface area contributed by atoms with E-state index in [-0.39, 0.29) is 5.91 Å². The maximum absolute atomic E-state index is 12.2. The van der Waals surface area contributed by atoms with Crippen LogP contribution in [0.4, 0.5) is 0 Å². The average Bonchev–Trinajstić information content (AvgIpc) is 3.11. The standard InChI is InChI=1S/C19H31N5OS2/c1-3-20-18(22-10-9-21-17(25)16-15(2)23-14-26-16)24-11-12-27-19(13-24)7-5-4-6-8-19/h14H,3-13H2,1-2H3,(H,20,22)(H,21,25). The lowest BCUT2D eigenvalue weighted by Crippen LogP contribution is -2.53. The first-order chi connectivity index (χ1) is 13.1. The molecule has 150 valence electrons. The van der Waals surface area contributed by atoms with Crippen molar-refractivity contribution in [3.63, 3.8) is 0 Å². The Morgan fingerprint density at radius 1 is 1.33 bits per heavy atom. The van der Waals surface area contributed by atoms with E-state index in [0.717, 1.165) is 31.3 Å². The van der Waals surface area contributed by atoms with Crippen molar-refractivity contribution in [3.05, 3.63) is 16.1 Å². The molecule has 27 heavy (non-hydrogen) atoms. The fourth-order valence-corrected chi connectivity index (χ4v) is 6.17. The first-order valence-corrected chi connectivity index (χ1v) is 11.9. The van der Waals surface area contributed by atoms with Crippen molar-refractivity contribution in [2.75, 3.05) is 38.5 Å². The van der Waals surface area contributed by atoms with Gasteiger partial charge in [-0.3, -0.25) is 9.79 Å². The van der Waals surface area contributed by atoms with Crippen molar-refractivity contribution in [2.45, 2.75) is 50.7 Å². The van der Waals surface area contributed by atoms with Gasteiger partial charge in [0.25, 0.3) is 5.91 Å². The van der Waals surface area contributed by atoms with Crippen LogP contribution in [-0.4, -0.2) is 65.0 Å². The molecule has 0 unspecified atom stereocenters. The van der Waals surface area contributed by atoms with E-state index in [2.05, 4.69) is 39.2 Å². The summed E-state index contributed by atoms with van der Waals surface area (Å²) < 4.78 is 0.421. The molecule has 0 aromatic carbocycles. The number of aromatic nitrogens is 1. The zero-order valence-corrected chi connectivity index (χ0v) is 18.1. The first-order valence-electron chi connectivity index (χ1n) is 9.99. The van der Waals surface area contributed by atoms with Crippen LogP contribution in [0, 0.1) is 6.92 Å². The van der Waals surface area contributed by atoms with Crippen molar-refractivity contribution in [3.8, 4) is 0 Å². The third-order valence-electron chi connectivity index (χ3n) is 5.26. The highest BCUT2D eigenvalue weighted by molar-refractivity contribution is 8.00. The van der Waals surface area contributed by atoms with E-state index in [4.69, 9.17) is 4.99 Å². The van der Waals surface area contributed by atoms with Crippen LogP contribution < -0.4 is 10.6 Å². The second-order valence-electron chi connectivity index (χ2n) is 7.27. The Labute approximate surface area is 170 Å². The van der Waals surface area contributed by atoms with Gasteiger partial charge < -0.3 is 15.5 Å². The van der Waals surface area contributed by atoms with E-state index in [0.29, 0.717) is 22.7 Å². The summed E-state index contributed by atoms with van der Waals surface area (Å²) in [5, 5.41) is 6.40. The normalized spacial score (nSPS) is 19.9. The van der Waals surface area contributed by atoms with Gasteiger partial charge in [0, 0.05) is 36.7 Å². The second kappa shape index (κ2) is 9.78. The molecule has 1 aliphatic carbocycles. The number of carbonyl (C=O) groups excluding carboxylic acids is 1. The van der Waals surface area contributed by atoms with E-state index < -0.39 is 0 Å². The predicted molar refractivity (Wildman–Crippen MR) is 115 cm³/mol. The predicted octanol–water partition coefficient (Wildman–Crippen LogP) is 2.90. The number of thioether (sulfide) groups is 1. The van der Waals surface area contributed by atoms with Crippen LogP contribution >= 0.6 is 23.1 Å². The Balaban J connectivity index is 1.54. The lowest BCUT2D eigenvalue weighted by Gasteiger charge is -2.45. The van der Waals surface area contributed by atoms with Crippen LogP contribution in [-0.2, 0) is 0 Å². The molecule has 2 heterocycles. The minimum absolute atomic E-state index is 0.0502. The molecule has 1 aliphatic heterocycles. The van der Waals surface area contributed by atoms with Gasteiger partial charge in [0.2, 0.25) is 0 Å². The second-order valence-corrected chi connectivity index (χ2v) is 9.69. The van der Waals surface area contributed by atoms with Crippen molar-refractivity contribution in [2.24, 2.45) is 4.99 Å². The fourth-order valence-electron chi connectivity index (χ4n) is 3.88. The Morgan fingerprint density at radius 2 is 2.15 bits per heavy atom. The van der Waals surface area contributed by atoms with Crippen LogP contribution in [0.1, 0.15) is 54.4 Å².